The summed E-state index contributed by atoms with van der Waals surface area (Å²) in [6.07, 6.45) is -17.5. The molecule has 0 heterocycles. The van der Waals surface area contributed by atoms with Crippen molar-refractivity contribution in [2.24, 2.45) is 17.3 Å². The Morgan fingerprint density at radius 3 is 1.58 bits per heavy atom. The van der Waals surface area contributed by atoms with Crippen LogP contribution in [0, 0.1) is 17.3 Å². The Bertz CT molecular complexity index is 484. The van der Waals surface area contributed by atoms with E-state index in [0.29, 0.717) is 6.42 Å². The Morgan fingerprint density at radius 2 is 1.27 bits per heavy atom. The van der Waals surface area contributed by atoms with Gasteiger partial charge in [-0.15, -0.1) is 0 Å². The fraction of sp³-hybridized carbons (Fsp3) is 0.875. The minimum absolute atomic E-state index is 0.0667. The van der Waals surface area contributed by atoms with Gasteiger partial charge >= 0.3 is 24.3 Å². The zero-order valence-electron chi connectivity index (χ0n) is 15.4. The van der Waals surface area contributed by atoms with E-state index in [0.717, 1.165) is 6.92 Å². The molecule has 0 bridgehead atoms. The molecule has 0 rings (SSSR count). The molecule has 2 atom stereocenters. The van der Waals surface area contributed by atoms with Gasteiger partial charge in [-0.25, -0.2) is 4.79 Å². The molecule has 26 heavy (non-hydrogen) atoms. The molecule has 154 valence electrons. The molecule has 10 heteroatoms. The summed E-state index contributed by atoms with van der Waals surface area (Å²) >= 11 is 0. The molecule has 0 aromatic heterocycles. The number of rotatable bonds is 7. The molecular weight excluding hydrogens is 370 g/mol. The number of hydrogen-bond acceptors (Lipinski definition) is 4. The Hall–Kier alpha value is -1.48. The van der Waals surface area contributed by atoms with Crippen molar-refractivity contribution in [2.75, 3.05) is 0 Å². The third-order valence-corrected chi connectivity index (χ3v) is 4.02. The SMILES string of the molecule is CC(C)CC(C)(C(=O)OC(C)C(=O)OC(C(F)(F)F)C(F)(F)F)C(C)C. The number of ether oxygens (including phenoxy) is 2. The summed E-state index contributed by atoms with van der Waals surface area (Å²) in [5.41, 5.74) is -1.06. The van der Waals surface area contributed by atoms with Gasteiger partial charge in [-0.05, 0) is 32.1 Å². The molecule has 0 aliphatic carbocycles. The van der Waals surface area contributed by atoms with Crippen LogP contribution in [-0.2, 0) is 19.1 Å². The first-order valence-electron chi connectivity index (χ1n) is 7.98. The molecule has 0 N–H and O–H groups in total. The number of alkyl halides is 6. The van der Waals surface area contributed by atoms with E-state index in [1.807, 2.05) is 13.8 Å². The van der Waals surface area contributed by atoms with E-state index in [1.54, 1.807) is 20.8 Å². The molecule has 0 saturated carbocycles. The van der Waals surface area contributed by atoms with Crippen LogP contribution in [0.15, 0.2) is 0 Å². The van der Waals surface area contributed by atoms with E-state index in [-0.39, 0.29) is 11.8 Å². The highest BCUT2D eigenvalue weighted by molar-refractivity contribution is 5.82. The van der Waals surface area contributed by atoms with E-state index >= 15 is 0 Å². The van der Waals surface area contributed by atoms with E-state index in [1.165, 1.54) is 0 Å². The van der Waals surface area contributed by atoms with Gasteiger partial charge in [0.1, 0.15) is 0 Å². The lowest BCUT2D eigenvalue weighted by Gasteiger charge is -2.34. The summed E-state index contributed by atoms with van der Waals surface area (Å²) in [7, 11) is 0. The second kappa shape index (κ2) is 8.47. The summed E-state index contributed by atoms with van der Waals surface area (Å²) in [4.78, 5) is 24.0. The zero-order valence-corrected chi connectivity index (χ0v) is 15.4. The van der Waals surface area contributed by atoms with Crippen LogP contribution in [0.25, 0.3) is 0 Å². The molecule has 2 unspecified atom stereocenters. The van der Waals surface area contributed by atoms with Gasteiger partial charge in [0.2, 0.25) is 0 Å². The summed E-state index contributed by atoms with van der Waals surface area (Å²) in [6.45, 7) is 9.53. The van der Waals surface area contributed by atoms with Crippen molar-refractivity contribution in [3.05, 3.63) is 0 Å². The van der Waals surface area contributed by atoms with Gasteiger partial charge in [-0.3, -0.25) is 4.79 Å². The molecular formula is C16H24F6O4. The summed E-state index contributed by atoms with van der Waals surface area (Å²) < 4.78 is 83.0. The van der Waals surface area contributed by atoms with E-state index in [9.17, 15) is 35.9 Å². The van der Waals surface area contributed by atoms with Crippen molar-refractivity contribution >= 4 is 11.9 Å². The number of carbonyl (C=O) groups excluding carboxylic acids is 2. The van der Waals surface area contributed by atoms with Gasteiger partial charge in [0.15, 0.2) is 6.10 Å². The second-order valence-electron chi connectivity index (χ2n) is 7.12. The molecule has 0 aliphatic heterocycles. The molecule has 0 spiro atoms. The smallest absolute Gasteiger partial charge is 0.434 e. The average Bonchev–Trinajstić information content (AvgIpc) is 2.40. The Balaban J connectivity index is 5.22. The maximum Gasteiger partial charge on any atom is 0.434 e. The first-order chi connectivity index (χ1) is 11.4. The molecule has 0 aromatic carbocycles. The zero-order chi connectivity index (χ0) is 21.1. The quantitative estimate of drug-likeness (QED) is 0.465. The third kappa shape index (κ3) is 6.68. The third-order valence-electron chi connectivity index (χ3n) is 4.02. The fourth-order valence-corrected chi connectivity index (χ4v) is 2.28. The van der Waals surface area contributed by atoms with Crippen LogP contribution < -0.4 is 0 Å². The minimum Gasteiger partial charge on any atom is -0.450 e. The van der Waals surface area contributed by atoms with Crippen molar-refractivity contribution in [1.29, 1.82) is 0 Å². The lowest BCUT2D eigenvalue weighted by molar-refractivity contribution is -0.314. The van der Waals surface area contributed by atoms with Crippen LogP contribution in [0.4, 0.5) is 26.3 Å². The maximum atomic E-state index is 12.4. The van der Waals surface area contributed by atoms with Crippen LogP contribution in [-0.4, -0.2) is 36.5 Å². The minimum atomic E-state index is -5.83. The number of halogens is 6. The Morgan fingerprint density at radius 1 is 0.846 bits per heavy atom. The summed E-state index contributed by atoms with van der Waals surface area (Å²) in [5.74, 6) is -2.98. The van der Waals surface area contributed by atoms with Crippen LogP contribution in [0.3, 0.4) is 0 Å². The van der Waals surface area contributed by atoms with Gasteiger partial charge in [0.05, 0.1) is 5.41 Å². The average molecular weight is 394 g/mol. The molecule has 0 saturated heterocycles. The maximum absolute atomic E-state index is 12.4. The predicted octanol–water partition coefficient (Wildman–Crippen LogP) is 4.66. The fourth-order valence-electron chi connectivity index (χ4n) is 2.28. The van der Waals surface area contributed by atoms with Crippen LogP contribution >= 0.6 is 0 Å². The normalized spacial score (nSPS) is 16.6. The monoisotopic (exact) mass is 394 g/mol. The molecule has 0 aromatic rings. The first kappa shape index (κ1) is 24.5. The van der Waals surface area contributed by atoms with Gasteiger partial charge in [0.25, 0.3) is 6.10 Å². The van der Waals surface area contributed by atoms with E-state index < -0.39 is 41.9 Å². The lowest BCUT2D eigenvalue weighted by Crippen LogP contribution is -2.48. The topological polar surface area (TPSA) is 52.6 Å². The molecule has 0 fully saturated rings. The predicted molar refractivity (Wildman–Crippen MR) is 79.9 cm³/mol. The number of hydrogen-bond donors (Lipinski definition) is 0. The number of esters is 2. The Kier molecular flexibility index (Phi) is 7.99. The first-order valence-corrected chi connectivity index (χ1v) is 7.98. The highest BCUT2D eigenvalue weighted by Gasteiger charge is 2.60. The van der Waals surface area contributed by atoms with Crippen LogP contribution in [0.2, 0.25) is 0 Å². The van der Waals surface area contributed by atoms with Crippen molar-refractivity contribution in [3.63, 3.8) is 0 Å². The standard InChI is InChI=1S/C16H24F6O4/c1-8(2)7-14(6,9(3)4)13(24)25-10(5)11(23)26-12(15(17,18)19)16(20,21)22/h8-10,12H,7H2,1-6H3. The van der Waals surface area contributed by atoms with Crippen molar-refractivity contribution < 1.29 is 45.4 Å². The van der Waals surface area contributed by atoms with Crippen molar-refractivity contribution in [1.82, 2.24) is 0 Å². The Labute approximate surface area is 148 Å². The van der Waals surface area contributed by atoms with E-state index in [2.05, 4.69) is 4.74 Å². The summed E-state index contributed by atoms with van der Waals surface area (Å²) in [5, 5.41) is 0. The van der Waals surface area contributed by atoms with Gasteiger partial charge in [0, 0.05) is 0 Å². The highest BCUT2D eigenvalue weighted by Crippen LogP contribution is 2.37. The lowest BCUT2D eigenvalue weighted by atomic mass is 9.73. The second-order valence-corrected chi connectivity index (χ2v) is 7.12. The molecule has 0 amide bonds. The molecule has 0 aliphatic rings. The van der Waals surface area contributed by atoms with Crippen LogP contribution in [0.5, 0.6) is 0 Å². The summed E-state index contributed by atoms with van der Waals surface area (Å²) in [6, 6.07) is 0. The molecule has 0 radical (unpaired) electrons. The van der Waals surface area contributed by atoms with Crippen LogP contribution in [0.1, 0.15) is 48.0 Å². The molecule has 4 nitrogen and oxygen atoms in total. The van der Waals surface area contributed by atoms with E-state index in [4.69, 9.17) is 4.74 Å². The number of carbonyl (C=O) groups is 2. The largest absolute Gasteiger partial charge is 0.450 e. The van der Waals surface area contributed by atoms with Gasteiger partial charge in [-0.2, -0.15) is 26.3 Å². The van der Waals surface area contributed by atoms with Gasteiger partial charge < -0.3 is 9.47 Å². The van der Waals surface area contributed by atoms with Crippen molar-refractivity contribution in [2.45, 2.75) is 72.5 Å². The van der Waals surface area contributed by atoms with Gasteiger partial charge in [-0.1, -0.05) is 27.7 Å². The highest BCUT2D eigenvalue weighted by atomic mass is 19.4. The van der Waals surface area contributed by atoms with Crippen molar-refractivity contribution in [3.8, 4) is 0 Å².